The molecule has 6 aromatic carbocycles. The minimum absolute atomic E-state index is 1.17. The van der Waals surface area contributed by atoms with E-state index in [0.29, 0.717) is 0 Å². The van der Waals surface area contributed by atoms with Crippen LogP contribution in [0, 0.1) is 27.7 Å². The van der Waals surface area contributed by atoms with Gasteiger partial charge in [0.1, 0.15) is 0 Å². The SMILES string of the molecule is Cc1ccc(C=Cc2ccc(C=Cc3ccc(-c4cc(/C=C/c5cccc(C)c5)c(C)cc4/C=C/c4cccc(C)c4)cc3)cc2)cc1. The van der Waals surface area contributed by atoms with Crippen LogP contribution in [-0.4, -0.2) is 0 Å². The van der Waals surface area contributed by atoms with Gasteiger partial charge in [0.05, 0.1) is 0 Å². The predicted molar refractivity (Wildman–Crippen MR) is 212 cm³/mol. The summed E-state index contributed by atoms with van der Waals surface area (Å²) < 4.78 is 0. The molecule has 234 valence electrons. The minimum Gasteiger partial charge on any atom is -0.0614 e. The summed E-state index contributed by atoms with van der Waals surface area (Å²) in [5, 5.41) is 0. The van der Waals surface area contributed by atoms with Crippen LogP contribution >= 0.6 is 0 Å². The molecule has 0 aromatic heterocycles. The van der Waals surface area contributed by atoms with Crippen LogP contribution in [0.3, 0.4) is 0 Å². The van der Waals surface area contributed by atoms with E-state index in [-0.39, 0.29) is 0 Å². The van der Waals surface area contributed by atoms with E-state index in [9.17, 15) is 0 Å². The Labute approximate surface area is 286 Å². The smallest absolute Gasteiger partial charge is 0.0105 e. The first-order chi connectivity index (χ1) is 23.4. The van der Waals surface area contributed by atoms with Gasteiger partial charge in [0, 0.05) is 0 Å². The molecular weight excluding hydrogens is 577 g/mol. The van der Waals surface area contributed by atoms with Crippen molar-refractivity contribution in [2.45, 2.75) is 27.7 Å². The predicted octanol–water partition coefficient (Wildman–Crippen LogP) is 13.3. The zero-order valence-electron chi connectivity index (χ0n) is 28.3. The fourth-order valence-corrected chi connectivity index (χ4v) is 5.79. The second-order valence-corrected chi connectivity index (χ2v) is 12.7. The summed E-state index contributed by atoms with van der Waals surface area (Å²) in [6, 6.07) is 48.1. The Morgan fingerprint density at radius 2 is 0.729 bits per heavy atom. The van der Waals surface area contributed by atoms with Crippen molar-refractivity contribution in [2.24, 2.45) is 0 Å². The van der Waals surface area contributed by atoms with Crippen LogP contribution in [0.5, 0.6) is 0 Å². The molecule has 0 saturated carbocycles. The first kappa shape index (κ1) is 32.2. The Bertz CT molecular complexity index is 2110. The minimum atomic E-state index is 1.17. The quantitative estimate of drug-likeness (QED) is 0.141. The van der Waals surface area contributed by atoms with Gasteiger partial charge < -0.3 is 0 Å². The van der Waals surface area contributed by atoms with Crippen LogP contribution in [0.1, 0.15) is 66.8 Å². The highest BCUT2D eigenvalue weighted by atomic mass is 14.1. The van der Waals surface area contributed by atoms with E-state index in [2.05, 4.69) is 210 Å². The number of hydrogen-bond donors (Lipinski definition) is 0. The van der Waals surface area contributed by atoms with Crippen molar-refractivity contribution >= 4 is 48.6 Å². The molecule has 0 heteroatoms. The Hall–Kier alpha value is -5.72. The van der Waals surface area contributed by atoms with Gasteiger partial charge in [0.2, 0.25) is 0 Å². The lowest BCUT2D eigenvalue weighted by Crippen LogP contribution is -1.90. The Kier molecular flexibility index (Phi) is 10.2. The molecule has 0 unspecified atom stereocenters. The van der Waals surface area contributed by atoms with Gasteiger partial charge in [0.15, 0.2) is 0 Å². The van der Waals surface area contributed by atoms with E-state index < -0.39 is 0 Å². The van der Waals surface area contributed by atoms with Crippen molar-refractivity contribution in [2.75, 3.05) is 0 Å². The lowest BCUT2D eigenvalue weighted by atomic mass is 9.92. The lowest BCUT2D eigenvalue weighted by Gasteiger charge is -2.12. The zero-order valence-corrected chi connectivity index (χ0v) is 28.3. The van der Waals surface area contributed by atoms with Gasteiger partial charge in [-0.25, -0.2) is 0 Å². The van der Waals surface area contributed by atoms with Crippen LogP contribution in [-0.2, 0) is 0 Å². The molecule has 6 rings (SSSR count). The maximum atomic E-state index is 2.33. The standard InChI is InChI=1S/C48H42/c1-35-11-13-39(14-12-35)15-16-40-17-19-41(20-18-40)21-22-42-23-27-45(28-24-42)48-34-46(29-25-43-9-5-7-36(2)31-43)38(4)33-47(48)30-26-44-10-6-8-37(3)32-44/h5-34H,1-4H3/b16-15?,22-21?,29-25+,30-26+. The fourth-order valence-electron chi connectivity index (χ4n) is 5.79. The number of rotatable bonds is 9. The third kappa shape index (κ3) is 8.75. The van der Waals surface area contributed by atoms with Gasteiger partial charge in [0.25, 0.3) is 0 Å². The summed E-state index contributed by atoms with van der Waals surface area (Å²) >= 11 is 0. The summed E-state index contributed by atoms with van der Waals surface area (Å²) in [6.45, 7) is 8.59. The van der Waals surface area contributed by atoms with Gasteiger partial charge in [-0.05, 0) is 95.0 Å². The van der Waals surface area contributed by atoms with Crippen molar-refractivity contribution in [1.82, 2.24) is 0 Å². The van der Waals surface area contributed by atoms with Gasteiger partial charge in [-0.2, -0.15) is 0 Å². The first-order valence-corrected chi connectivity index (χ1v) is 16.7. The molecule has 6 aromatic rings. The third-order valence-corrected chi connectivity index (χ3v) is 8.61. The van der Waals surface area contributed by atoms with Gasteiger partial charge >= 0.3 is 0 Å². The van der Waals surface area contributed by atoms with Crippen LogP contribution in [0.4, 0.5) is 0 Å². The molecule has 0 nitrogen and oxygen atoms in total. The summed E-state index contributed by atoms with van der Waals surface area (Å²) in [4.78, 5) is 0. The molecule has 0 aliphatic carbocycles. The highest BCUT2D eigenvalue weighted by Gasteiger charge is 2.08. The highest BCUT2D eigenvalue weighted by Crippen LogP contribution is 2.31. The monoisotopic (exact) mass is 618 g/mol. The second kappa shape index (κ2) is 15.2. The maximum absolute atomic E-state index is 2.33. The summed E-state index contributed by atoms with van der Waals surface area (Å²) in [5.74, 6) is 0. The van der Waals surface area contributed by atoms with E-state index in [1.54, 1.807) is 0 Å². The molecule has 0 amide bonds. The van der Waals surface area contributed by atoms with E-state index in [0.717, 1.165) is 0 Å². The zero-order chi connectivity index (χ0) is 33.3. The van der Waals surface area contributed by atoms with E-state index in [1.165, 1.54) is 77.9 Å². The van der Waals surface area contributed by atoms with E-state index in [1.807, 2.05) is 0 Å². The maximum Gasteiger partial charge on any atom is -0.0105 e. The molecular formula is C48H42. The largest absolute Gasteiger partial charge is 0.0614 e. The topological polar surface area (TPSA) is 0 Å². The van der Waals surface area contributed by atoms with Gasteiger partial charge in [-0.15, -0.1) is 0 Å². The lowest BCUT2D eigenvalue weighted by molar-refractivity contribution is 1.42. The Balaban J connectivity index is 1.23. The molecule has 0 N–H and O–H groups in total. The normalized spacial score (nSPS) is 11.8. The van der Waals surface area contributed by atoms with Crippen LogP contribution in [0.2, 0.25) is 0 Å². The van der Waals surface area contributed by atoms with E-state index >= 15 is 0 Å². The molecule has 0 saturated heterocycles. The number of hydrogen-bond acceptors (Lipinski definition) is 0. The average molecular weight is 619 g/mol. The van der Waals surface area contributed by atoms with Crippen LogP contribution in [0.15, 0.2) is 133 Å². The molecule has 0 atom stereocenters. The number of benzene rings is 6. The second-order valence-electron chi connectivity index (χ2n) is 12.7. The molecule has 0 heterocycles. The Morgan fingerprint density at radius 3 is 1.21 bits per heavy atom. The molecule has 0 bridgehead atoms. The summed E-state index contributed by atoms with van der Waals surface area (Å²) in [5.41, 5.74) is 17.1. The van der Waals surface area contributed by atoms with Crippen LogP contribution in [0.25, 0.3) is 59.7 Å². The summed E-state index contributed by atoms with van der Waals surface area (Å²) in [7, 11) is 0. The first-order valence-electron chi connectivity index (χ1n) is 16.7. The third-order valence-electron chi connectivity index (χ3n) is 8.61. The summed E-state index contributed by atoms with van der Waals surface area (Å²) in [6.07, 6.45) is 17.6. The van der Waals surface area contributed by atoms with E-state index in [4.69, 9.17) is 0 Å². The highest BCUT2D eigenvalue weighted by molar-refractivity contribution is 5.85. The van der Waals surface area contributed by atoms with Gasteiger partial charge in [-0.1, -0.05) is 193 Å². The van der Waals surface area contributed by atoms with Crippen molar-refractivity contribution in [3.63, 3.8) is 0 Å². The molecule has 0 fully saturated rings. The van der Waals surface area contributed by atoms with Crippen LogP contribution < -0.4 is 0 Å². The molecule has 0 spiro atoms. The van der Waals surface area contributed by atoms with Crippen molar-refractivity contribution in [3.05, 3.63) is 200 Å². The number of aryl methyl sites for hydroxylation is 4. The van der Waals surface area contributed by atoms with Crippen molar-refractivity contribution < 1.29 is 0 Å². The fraction of sp³-hybridized carbons (Fsp3) is 0.0833. The van der Waals surface area contributed by atoms with Gasteiger partial charge in [-0.3, -0.25) is 0 Å². The molecule has 0 radical (unpaired) electrons. The van der Waals surface area contributed by atoms with Crippen molar-refractivity contribution in [3.8, 4) is 11.1 Å². The molecule has 48 heavy (non-hydrogen) atoms. The Morgan fingerprint density at radius 1 is 0.312 bits per heavy atom. The molecule has 0 aliphatic rings. The average Bonchev–Trinajstić information content (AvgIpc) is 3.10. The molecule has 0 aliphatic heterocycles. The van der Waals surface area contributed by atoms with Crippen molar-refractivity contribution in [1.29, 1.82) is 0 Å².